The molecule has 0 spiro atoms. The number of benzene rings is 2. The summed E-state index contributed by atoms with van der Waals surface area (Å²) >= 11 is 0. The highest BCUT2D eigenvalue weighted by Crippen LogP contribution is 2.33. The lowest BCUT2D eigenvalue weighted by molar-refractivity contribution is 0.0963. The summed E-state index contributed by atoms with van der Waals surface area (Å²) in [6.45, 7) is 0. The van der Waals surface area contributed by atoms with Crippen LogP contribution in [0.2, 0.25) is 0 Å². The van der Waals surface area contributed by atoms with Gasteiger partial charge in [0.15, 0.2) is 11.5 Å². The molecular formula is C17H17FN2O4. The number of hydrogen-bond acceptors (Lipinski definition) is 4. The molecule has 2 rings (SSSR count). The molecule has 0 radical (unpaired) electrons. The first kappa shape index (κ1) is 17.3. The van der Waals surface area contributed by atoms with Gasteiger partial charge in [-0.1, -0.05) is 0 Å². The zero-order valence-electron chi connectivity index (χ0n) is 13.5. The number of nitrogens with one attached hydrogen (secondary N) is 2. The molecule has 2 N–H and O–H groups in total. The second kappa shape index (κ2) is 7.45. The Bertz CT molecular complexity index is 760. The van der Waals surface area contributed by atoms with Gasteiger partial charge in [0.25, 0.3) is 11.8 Å². The molecule has 0 bridgehead atoms. The van der Waals surface area contributed by atoms with Crippen molar-refractivity contribution in [1.29, 1.82) is 0 Å². The second-order valence-electron chi connectivity index (χ2n) is 4.79. The summed E-state index contributed by atoms with van der Waals surface area (Å²) in [6, 6.07) is 8.03. The fourth-order valence-electron chi connectivity index (χ4n) is 2.10. The van der Waals surface area contributed by atoms with Crippen molar-refractivity contribution in [1.82, 2.24) is 5.32 Å². The number of carbonyl (C=O) groups excluding carboxylic acids is 2. The van der Waals surface area contributed by atoms with Crippen molar-refractivity contribution in [3.8, 4) is 11.5 Å². The number of halogens is 1. The van der Waals surface area contributed by atoms with Gasteiger partial charge in [-0.05, 0) is 30.3 Å². The summed E-state index contributed by atoms with van der Waals surface area (Å²) in [5.41, 5.74) is 0.723. The van der Waals surface area contributed by atoms with Crippen LogP contribution in [0.5, 0.6) is 11.5 Å². The van der Waals surface area contributed by atoms with Gasteiger partial charge in [0, 0.05) is 18.7 Å². The summed E-state index contributed by atoms with van der Waals surface area (Å²) in [6.07, 6.45) is 0. The number of carbonyl (C=O) groups is 2. The van der Waals surface area contributed by atoms with Crippen LogP contribution in [0.1, 0.15) is 20.7 Å². The van der Waals surface area contributed by atoms with Crippen LogP contribution in [0.25, 0.3) is 0 Å². The third-order valence-electron chi connectivity index (χ3n) is 3.35. The summed E-state index contributed by atoms with van der Waals surface area (Å²) < 4.78 is 23.3. The van der Waals surface area contributed by atoms with Gasteiger partial charge in [0.2, 0.25) is 0 Å². The highest BCUT2D eigenvalue weighted by atomic mass is 19.1. The van der Waals surface area contributed by atoms with E-state index in [1.165, 1.54) is 57.7 Å². The van der Waals surface area contributed by atoms with Gasteiger partial charge in [-0.25, -0.2) is 4.39 Å². The summed E-state index contributed by atoms with van der Waals surface area (Å²) in [4.78, 5) is 24.4. The van der Waals surface area contributed by atoms with Crippen LogP contribution in [0, 0.1) is 5.82 Å². The summed E-state index contributed by atoms with van der Waals surface area (Å²) in [5.74, 6) is -0.600. The molecule has 2 aromatic rings. The quantitative estimate of drug-likeness (QED) is 0.882. The predicted octanol–water partition coefficient (Wildman–Crippen LogP) is 2.45. The normalized spacial score (nSPS) is 10.0. The fraction of sp³-hybridized carbons (Fsp3) is 0.176. The van der Waals surface area contributed by atoms with Crippen LogP contribution in [0.4, 0.5) is 10.1 Å². The Hall–Kier alpha value is -3.09. The van der Waals surface area contributed by atoms with E-state index in [9.17, 15) is 14.0 Å². The van der Waals surface area contributed by atoms with Crippen molar-refractivity contribution in [2.45, 2.75) is 0 Å². The van der Waals surface area contributed by atoms with Gasteiger partial charge in [-0.15, -0.1) is 0 Å². The van der Waals surface area contributed by atoms with E-state index < -0.39 is 17.6 Å². The standard InChI is InChI=1S/C17H17FN2O4/c1-19-17(22)12-8-14(23-2)15(24-3)9-13(12)20-16(21)10-4-6-11(18)7-5-10/h4-9H,1-3H3,(H,19,22)(H,20,21). The third-order valence-corrected chi connectivity index (χ3v) is 3.35. The molecule has 6 nitrogen and oxygen atoms in total. The lowest BCUT2D eigenvalue weighted by Crippen LogP contribution is -2.22. The van der Waals surface area contributed by atoms with Crippen LogP contribution in [-0.2, 0) is 0 Å². The molecule has 126 valence electrons. The molecule has 0 aliphatic carbocycles. The Morgan fingerprint density at radius 3 is 2.08 bits per heavy atom. The Morgan fingerprint density at radius 2 is 1.54 bits per heavy atom. The molecule has 0 atom stereocenters. The molecule has 0 saturated heterocycles. The SMILES string of the molecule is CNC(=O)c1cc(OC)c(OC)cc1NC(=O)c1ccc(F)cc1. The van der Waals surface area contributed by atoms with Crippen molar-refractivity contribution in [3.05, 3.63) is 53.3 Å². The number of rotatable bonds is 5. The van der Waals surface area contributed by atoms with Crippen molar-refractivity contribution in [3.63, 3.8) is 0 Å². The Balaban J connectivity index is 2.41. The van der Waals surface area contributed by atoms with Crippen molar-refractivity contribution in [2.75, 3.05) is 26.6 Å². The Morgan fingerprint density at radius 1 is 0.958 bits per heavy atom. The van der Waals surface area contributed by atoms with Crippen LogP contribution in [0.3, 0.4) is 0 Å². The van der Waals surface area contributed by atoms with Crippen LogP contribution < -0.4 is 20.1 Å². The molecule has 0 heterocycles. The molecule has 0 aromatic heterocycles. The predicted molar refractivity (Wildman–Crippen MR) is 87.3 cm³/mol. The highest BCUT2D eigenvalue weighted by molar-refractivity contribution is 6.09. The zero-order chi connectivity index (χ0) is 17.7. The molecule has 0 aliphatic rings. The van der Waals surface area contributed by atoms with Crippen molar-refractivity contribution < 1.29 is 23.5 Å². The number of hydrogen-bond donors (Lipinski definition) is 2. The van der Waals surface area contributed by atoms with Crippen molar-refractivity contribution >= 4 is 17.5 Å². The fourth-order valence-corrected chi connectivity index (χ4v) is 2.10. The third kappa shape index (κ3) is 3.62. The minimum Gasteiger partial charge on any atom is -0.493 e. The van der Waals surface area contributed by atoms with E-state index in [4.69, 9.17) is 9.47 Å². The lowest BCUT2D eigenvalue weighted by atomic mass is 10.1. The maximum Gasteiger partial charge on any atom is 0.255 e. The van der Waals surface area contributed by atoms with E-state index in [2.05, 4.69) is 10.6 Å². The average Bonchev–Trinajstić information content (AvgIpc) is 2.61. The van der Waals surface area contributed by atoms with E-state index in [1.54, 1.807) is 0 Å². The second-order valence-corrected chi connectivity index (χ2v) is 4.79. The number of ether oxygens (including phenoxy) is 2. The van der Waals surface area contributed by atoms with E-state index in [0.717, 1.165) is 0 Å². The van der Waals surface area contributed by atoms with E-state index in [1.807, 2.05) is 0 Å². The topological polar surface area (TPSA) is 76.7 Å². The maximum absolute atomic E-state index is 13.0. The van der Waals surface area contributed by atoms with Crippen LogP contribution in [-0.4, -0.2) is 33.1 Å². The Kier molecular flexibility index (Phi) is 5.36. The Labute approximate surface area is 138 Å². The van der Waals surface area contributed by atoms with E-state index in [0.29, 0.717) is 11.5 Å². The van der Waals surface area contributed by atoms with E-state index >= 15 is 0 Å². The summed E-state index contributed by atoms with van der Waals surface area (Å²) in [7, 11) is 4.37. The molecule has 0 unspecified atom stereocenters. The minimum absolute atomic E-state index is 0.214. The zero-order valence-corrected chi connectivity index (χ0v) is 13.5. The average molecular weight is 332 g/mol. The van der Waals surface area contributed by atoms with Gasteiger partial charge >= 0.3 is 0 Å². The van der Waals surface area contributed by atoms with Gasteiger partial charge < -0.3 is 20.1 Å². The molecule has 2 amide bonds. The van der Waals surface area contributed by atoms with Gasteiger partial charge in [0.05, 0.1) is 25.5 Å². The number of amides is 2. The van der Waals surface area contributed by atoms with E-state index in [-0.39, 0.29) is 16.8 Å². The molecule has 0 aliphatic heterocycles. The molecular weight excluding hydrogens is 315 g/mol. The first-order chi connectivity index (χ1) is 11.5. The van der Waals surface area contributed by atoms with Gasteiger partial charge in [0.1, 0.15) is 5.82 Å². The maximum atomic E-state index is 13.0. The smallest absolute Gasteiger partial charge is 0.255 e. The van der Waals surface area contributed by atoms with Gasteiger partial charge in [-0.2, -0.15) is 0 Å². The lowest BCUT2D eigenvalue weighted by Gasteiger charge is -2.15. The molecule has 0 fully saturated rings. The minimum atomic E-state index is -0.479. The van der Waals surface area contributed by atoms with Crippen LogP contribution in [0.15, 0.2) is 36.4 Å². The first-order valence-corrected chi connectivity index (χ1v) is 7.05. The first-order valence-electron chi connectivity index (χ1n) is 7.05. The monoisotopic (exact) mass is 332 g/mol. The molecule has 0 saturated carbocycles. The van der Waals surface area contributed by atoms with Crippen molar-refractivity contribution in [2.24, 2.45) is 0 Å². The summed E-state index contributed by atoms with van der Waals surface area (Å²) in [5, 5.41) is 5.12. The highest BCUT2D eigenvalue weighted by Gasteiger charge is 2.18. The molecule has 7 heteroatoms. The number of methoxy groups -OCH3 is 2. The largest absolute Gasteiger partial charge is 0.493 e. The number of anilines is 1. The molecule has 2 aromatic carbocycles. The molecule has 24 heavy (non-hydrogen) atoms. The van der Waals surface area contributed by atoms with Crippen LogP contribution >= 0.6 is 0 Å². The van der Waals surface area contributed by atoms with Gasteiger partial charge in [-0.3, -0.25) is 9.59 Å².